The molecule has 0 radical (unpaired) electrons. The lowest BCUT2D eigenvalue weighted by atomic mass is 10.1. The molecule has 1 aromatic rings. The van der Waals surface area contributed by atoms with Crippen molar-refractivity contribution in [2.45, 2.75) is 33.7 Å². The van der Waals surface area contributed by atoms with Crippen LogP contribution in [0.5, 0.6) is 0 Å². The number of hydrogen-bond acceptors (Lipinski definition) is 3. The van der Waals surface area contributed by atoms with Crippen molar-refractivity contribution in [1.29, 1.82) is 0 Å². The summed E-state index contributed by atoms with van der Waals surface area (Å²) >= 11 is 2.69. The molecule has 4 nitrogen and oxygen atoms in total. The molecule has 0 saturated heterocycles. The number of nitrogens with zero attached hydrogens (tertiary/aromatic N) is 1. The molecule has 0 heterocycles. The number of alkyl halides is 12. The van der Waals surface area contributed by atoms with E-state index in [1.54, 1.807) is 0 Å². The Labute approximate surface area is 167 Å². The molecule has 0 N–H and O–H groups in total. The van der Waals surface area contributed by atoms with Gasteiger partial charge in [0.25, 0.3) is 0 Å². The summed E-state index contributed by atoms with van der Waals surface area (Å²) in [5.41, 5.74) is -6.36. The fourth-order valence-electron chi connectivity index (χ4n) is 1.55. The number of sulfonamides is 1. The van der Waals surface area contributed by atoms with Crippen molar-refractivity contribution < 1.29 is 65.3 Å². The van der Waals surface area contributed by atoms with Gasteiger partial charge in [0.2, 0.25) is 0 Å². The SMILES string of the molecule is O=S(=O)(N=S(=O)(c1ccc(Br)cc1)C(F)(F)F)C(F)(F)C(F)(F)C(F)(F)C(F)(F)F. The third-order valence-corrected chi connectivity index (χ3v) is 7.69. The Morgan fingerprint density at radius 1 is 0.700 bits per heavy atom. The monoisotopic (exact) mass is 569 g/mol. The summed E-state index contributed by atoms with van der Waals surface area (Å²) in [5.74, 6) is -15.5. The predicted molar refractivity (Wildman–Crippen MR) is 78.8 cm³/mol. The molecule has 30 heavy (non-hydrogen) atoms. The lowest BCUT2D eigenvalue weighted by molar-refractivity contribution is -0.382. The first kappa shape index (κ1) is 26.8. The number of benzene rings is 1. The summed E-state index contributed by atoms with van der Waals surface area (Å²) in [4.78, 5) is -1.69. The molecular weight excluding hydrogens is 566 g/mol. The van der Waals surface area contributed by atoms with Crippen LogP contribution in [0.1, 0.15) is 0 Å². The Morgan fingerprint density at radius 3 is 1.43 bits per heavy atom. The molecule has 174 valence electrons. The first-order chi connectivity index (χ1) is 13.0. The van der Waals surface area contributed by atoms with E-state index in [1.807, 2.05) is 0 Å². The molecule has 0 aliphatic carbocycles. The molecule has 0 amide bonds. The van der Waals surface area contributed by atoms with Gasteiger partial charge in [-0.3, -0.25) is 0 Å². The highest BCUT2D eigenvalue weighted by molar-refractivity contribution is 9.10. The molecule has 0 bridgehead atoms. The third-order valence-electron chi connectivity index (χ3n) is 3.09. The normalized spacial score (nSPS) is 16.8. The molecule has 0 aliphatic heterocycles. The molecule has 1 unspecified atom stereocenters. The summed E-state index contributed by atoms with van der Waals surface area (Å²) in [6.07, 6.45) is -7.44. The molecule has 0 aliphatic rings. The first-order valence-corrected chi connectivity index (χ1v) is 10.3. The van der Waals surface area contributed by atoms with E-state index in [2.05, 4.69) is 15.9 Å². The molecule has 0 aromatic heterocycles. The second kappa shape index (κ2) is 7.42. The smallest absolute Gasteiger partial charge is 0.235 e. The van der Waals surface area contributed by atoms with E-state index >= 15 is 0 Å². The van der Waals surface area contributed by atoms with Crippen LogP contribution < -0.4 is 0 Å². The highest BCUT2D eigenvalue weighted by Crippen LogP contribution is 2.55. The largest absolute Gasteiger partial charge is 0.484 e. The summed E-state index contributed by atoms with van der Waals surface area (Å²) in [6.45, 7) is 0. The first-order valence-electron chi connectivity index (χ1n) is 6.51. The van der Waals surface area contributed by atoms with Crippen LogP contribution in [-0.2, 0) is 19.8 Å². The van der Waals surface area contributed by atoms with Crippen LogP contribution in [0, 0.1) is 0 Å². The fraction of sp³-hybridized carbons (Fsp3) is 0.455. The van der Waals surface area contributed by atoms with Crippen LogP contribution in [0.2, 0.25) is 0 Å². The number of hydrogen-bond donors (Lipinski definition) is 0. The van der Waals surface area contributed by atoms with Crippen molar-refractivity contribution in [3.05, 3.63) is 28.7 Å². The Balaban J connectivity index is 3.89. The van der Waals surface area contributed by atoms with Gasteiger partial charge in [-0.25, -0.2) is 4.21 Å². The van der Waals surface area contributed by atoms with E-state index in [-0.39, 0.29) is 16.6 Å². The lowest BCUT2D eigenvalue weighted by Crippen LogP contribution is -2.63. The van der Waals surface area contributed by atoms with Gasteiger partial charge in [-0.15, -0.1) is 0 Å². The zero-order valence-corrected chi connectivity index (χ0v) is 16.4. The van der Waals surface area contributed by atoms with Crippen molar-refractivity contribution in [2.24, 2.45) is 3.77 Å². The summed E-state index contributed by atoms with van der Waals surface area (Å²) in [5, 5.41) is -7.55. The minimum Gasteiger partial charge on any atom is -0.235 e. The summed E-state index contributed by atoms with van der Waals surface area (Å²) < 4.78 is 191. The molecule has 19 heteroatoms. The van der Waals surface area contributed by atoms with Crippen molar-refractivity contribution in [3.63, 3.8) is 0 Å². The zero-order chi connectivity index (χ0) is 24.2. The summed E-state index contributed by atoms with van der Waals surface area (Å²) in [7, 11) is -14.5. The minimum absolute atomic E-state index is 0.0280. The zero-order valence-electron chi connectivity index (χ0n) is 13.2. The molecule has 0 saturated carbocycles. The molecule has 1 atom stereocenters. The van der Waals surface area contributed by atoms with Gasteiger partial charge in [-0.1, -0.05) is 19.7 Å². The molecule has 0 fully saturated rings. The number of halogens is 13. The van der Waals surface area contributed by atoms with E-state index in [4.69, 9.17) is 0 Å². The molecule has 1 aromatic carbocycles. The van der Waals surface area contributed by atoms with E-state index in [0.29, 0.717) is 12.1 Å². The van der Waals surface area contributed by atoms with Gasteiger partial charge in [0.15, 0.2) is 9.73 Å². The maximum atomic E-state index is 13.6. The Morgan fingerprint density at radius 2 is 1.10 bits per heavy atom. The van der Waals surface area contributed by atoms with Gasteiger partial charge in [0, 0.05) is 4.47 Å². The van der Waals surface area contributed by atoms with E-state index in [0.717, 1.165) is 0 Å². The second-order valence-electron chi connectivity index (χ2n) is 5.14. The third kappa shape index (κ3) is 4.11. The van der Waals surface area contributed by atoms with Gasteiger partial charge in [0.05, 0.1) is 4.90 Å². The van der Waals surface area contributed by atoms with Crippen LogP contribution in [-0.4, -0.2) is 41.4 Å². The van der Waals surface area contributed by atoms with E-state index in [1.165, 1.54) is 3.77 Å². The Bertz CT molecular complexity index is 1020. The second-order valence-corrected chi connectivity index (χ2v) is 10.1. The average molecular weight is 570 g/mol. The van der Waals surface area contributed by atoms with Crippen molar-refractivity contribution in [3.8, 4) is 0 Å². The van der Waals surface area contributed by atoms with Gasteiger partial charge in [0.1, 0.15) is 0 Å². The maximum Gasteiger partial charge on any atom is 0.484 e. The van der Waals surface area contributed by atoms with Crippen molar-refractivity contribution in [2.75, 3.05) is 0 Å². The molecular formula is C11H4BrF12NO3S2. The highest BCUT2D eigenvalue weighted by Gasteiger charge is 2.85. The topological polar surface area (TPSA) is 63.6 Å². The quantitative estimate of drug-likeness (QED) is 0.437. The highest BCUT2D eigenvalue weighted by atomic mass is 79.9. The van der Waals surface area contributed by atoms with Crippen LogP contribution in [0.3, 0.4) is 0 Å². The van der Waals surface area contributed by atoms with Crippen molar-refractivity contribution in [1.82, 2.24) is 0 Å². The van der Waals surface area contributed by atoms with Gasteiger partial charge < -0.3 is 0 Å². The Kier molecular flexibility index (Phi) is 6.63. The molecule has 1 rings (SSSR count). The fourth-order valence-corrected chi connectivity index (χ4v) is 5.20. The van der Waals surface area contributed by atoms with Gasteiger partial charge in [-0.2, -0.15) is 61.1 Å². The maximum absolute atomic E-state index is 13.6. The van der Waals surface area contributed by atoms with Crippen molar-refractivity contribution >= 4 is 35.7 Å². The van der Waals surface area contributed by atoms with E-state index in [9.17, 15) is 65.3 Å². The average Bonchev–Trinajstić information content (AvgIpc) is 2.52. The predicted octanol–water partition coefficient (Wildman–Crippen LogP) is 5.55. The molecule has 0 spiro atoms. The Hall–Kier alpha value is -1.24. The number of rotatable bonds is 5. The van der Waals surface area contributed by atoms with Crippen LogP contribution >= 0.6 is 15.9 Å². The standard InChI is InChI=1S/C11H4BrF12NO3S2/c12-5-1-3-6(4-2-5)29(26,11(22,23)24)25-30(27,28)10(20,21)8(15,16)7(13,14)9(17,18)19/h1-4H. The summed E-state index contributed by atoms with van der Waals surface area (Å²) in [6, 6.07) is 1.74. The minimum atomic E-state index is -7.91. The van der Waals surface area contributed by atoms with E-state index < -0.39 is 53.4 Å². The van der Waals surface area contributed by atoms with Gasteiger partial charge in [-0.05, 0) is 24.3 Å². The van der Waals surface area contributed by atoms with Crippen LogP contribution in [0.4, 0.5) is 52.7 Å². The lowest BCUT2D eigenvalue weighted by Gasteiger charge is -2.32. The van der Waals surface area contributed by atoms with Crippen LogP contribution in [0.25, 0.3) is 0 Å². The van der Waals surface area contributed by atoms with Gasteiger partial charge >= 0.3 is 38.8 Å². The van der Waals surface area contributed by atoms with Crippen LogP contribution in [0.15, 0.2) is 37.4 Å².